The van der Waals surface area contributed by atoms with E-state index in [-0.39, 0.29) is 11.5 Å². The molecule has 0 radical (unpaired) electrons. The Morgan fingerprint density at radius 1 is 1.14 bits per heavy atom. The largest absolute Gasteiger partial charge is 0.452 e. The molecule has 0 fully saturated rings. The van der Waals surface area contributed by atoms with Gasteiger partial charge in [0, 0.05) is 13.0 Å². The highest BCUT2D eigenvalue weighted by Crippen LogP contribution is 2.34. The monoisotopic (exact) mass is 280 g/mol. The van der Waals surface area contributed by atoms with Crippen LogP contribution in [0, 0.1) is 0 Å². The summed E-state index contributed by atoms with van der Waals surface area (Å²) in [7, 11) is 0. The molecule has 21 heavy (non-hydrogen) atoms. The van der Waals surface area contributed by atoms with E-state index < -0.39 is 5.97 Å². The first-order valence-electron chi connectivity index (χ1n) is 6.45. The van der Waals surface area contributed by atoms with Crippen LogP contribution in [0.1, 0.15) is 22.8 Å². The van der Waals surface area contributed by atoms with Crippen LogP contribution in [-0.4, -0.2) is 11.8 Å². The Balaban J connectivity index is 1.91. The molecule has 0 spiro atoms. The molecule has 0 amide bonds. The van der Waals surface area contributed by atoms with Gasteiger partial charge in [-0.2, -0.15) is 0 Å². The fraction of sp³-hybridized carbons (Fsp3) is 0.0588. The van der Waals surface area contributed by atoms with Gasteiger partial charge in [-0.15, -0.1) is 0 Å². The summed E-state index contributed by atoms with van der Waals surface area (Å²) in [5, 5.41) is 0. The molecule has 4 nitrogen and oxygen atoms in total. The molecule has 1 heterocycles. The maximum atomic E-state index is 12.2. The van der Waals surface area contributed by atoms with Gasteiger partial charge in [0.25, 0.3) is 0 Å². The third-order valence-electron chi connectivity index (χ3n) is 3.00. The molecule has 0 aliphatic carbocycles. The minimum absolute atomic E-state index is 0.178. The smallest absolute Gasteiger partial charge is 0.308 e. The van der Waals surface area contributed by atoms with E-state index in [0.29, 0.717) is 17.1 Å². The SMILES string of the molecule is CC(=O)Oc1ccc2c(c1)OC(=Cc1ccccc1)C2=O. The van der Waals surface area contributed by atoms with Crippen molar-refractivity contribution in [1.29, 1.82) is 0 Å². The van der Waals surface area contributed by atoms with Gasteiger partial charge in [0.1, 0.15) is 11.5 Å². The summed E-state index contributed by atoms with van der Waals surface area (Å²) >= 11 is 0. The van der Waals surface area contributed by atoms with Gasteiger partial charge in [-0.05, 0) is 23.8 Å². The molecule has 2 aromatic rings. The number of esters is 1. The summed E-state index contributed by atoms with van der Waals surface area (Å²) < 4.78 is 10.5. The Morgan fingerprint density at radius 2 is 1.90 bits per heavy atom. The first-order valence-corrected chi connectivity index (χ1v) is 6.45. The minimum Gasteiger partial charge on any atom is -0.452 e. The van der Waals surface area contributed by atoms with Crippen LogP contribution in [0.4, 0.5) is 0 Å². The fourth-order valence-electron chi connectivity index (χ4n) is 2.10. The summed E-state index contributed by atoms with van der Waals surface area (Å²) in [6.45, 7) is 1.32. The van der Waals surface area contributed by atoms with Crippen LogP contribution in [0.2, 0.25) is 0 Å². The van der Waals surface area contributed by atoms with E-state index in [0.717, 1.165) is 5.56 Å². The van der Waals surface area contributed by atoms with Crippen LogP contribution in [0.5, 0.6) is 11.5 Å². The lowest BCUT2D eigenvalue weighted by atomic mass is 10.1. The van der Waals surface area contributed by atoms with Gasteiger partial charge in [0.15, 0.2) is 5.76 Å². The van der Waals surface area contributed by atoms with Crippen molar-refractivity contribution in [2.75, 3.05) is 0 Å². The van der Waals surface area contributed by atoms with E-state index in [2.05, 4.69) is 0 Å². The number of carbonyl (C=O) groups is 2. The van der Waals surface area contributed by atoms with E-state index in [1.165, 1.54) is 6.92 Å². The second-order valence-corrected chi connectivity index (χ2v) is 4.60. The maximum Gasteiger partial charge on any atom is 0.308 e. The van der Waals surface area contributed by atoms with Crippen LogP contribution in [0.25, 0.3) is 6.08 Å². The van der Waals surface area contributed by atoms with Crippen molar-refractivity contribution in [3.63, 3.8) is 0 Å². The molecule has 1 aliphatic rings. The van der Waals surface area contributed by atoms with Gasteiger partial charge >= 0.3 is 5.97 Å². The molecule has 4 heteroatoms. The predicted molar refractivity (Wildman–Crippen MR) is 77.1 cm³/mol. The summed E-state index contributed by atoms with van der Waals surface area (Å²) in [5.74, 6) is 0.426. The van der Waals surface area contributed by atoms with Gasteiger partial charge in [0.05, 0.1) is 5.56 Å². The Morgan fingerprint density at radius 3 is 2.62 bits per heavy atom. The molecule has 104 valence electrons. The third-order valence-corrected chi connectivity index (χ3v) is 3.00. The molecule has 0 bridgehead atoms. The fourth-order valence-corrected chi connectivity index (χ4v) is 2.10. The van der Waals surface area contributed by atoms with Crippen molar-refractivity contribution < 1.29 is 19.1 Å². The van der Waals surface area contributed by atoms with Crippen LogP contribution >= 0.6 is 0 Å². The molecule has 0 unspecified atom stereocenters. The number of fused-ring (bicyclic) bond motifs is 1. The second kappa shape index (κ2) is 5.25. The van der Waals surface area contributed by atoms with Gasteiger partial charge in [-0.25, -0.2) is 0 Å². The molecule has 3 rings (SSSR count). The van der Waals surface area contributed by atoms with Crippen molar-refractivity contribution in [3.8, 4) is 11.5 Å². The second-order valence-electron chi connectivity index (χ2n) is 4.60. The lowest BCUT2D eigenvalue weighted by molar-refractivity contribution is -0.131. The summed E-state index contributed by atoms with van der Waals surface area (Å²) in [5.41, 5.74) is 1.35. The number of allylic oxidation sites excluding steroid dienone is 1. The van der Waals surface area contributed by atoms with E-state index in [4.69, 9.17) is 9.47 Å². The highest BCUT2D eigenvalue weighted by Gasteiger charge is 2.27. The number of hydrogen-bond donors (Lipinski definition) is 0. The van der Waals surface area contributed by atoms with Crippen LogP contribution in [-0.2, 0) is 4.79 Å². The zero-order valence-electron chi connectivity index (χ0n) is 11.3. The normalized spacial score (nSPS) is 14.7. The maximum absolute atomic E-state index is 12.2. The molecular formula is C17H12O4. The molecule has 0 atom stereocenters. The van der Waals surface area contributed by atoms with Gasteiger partial charge < -0.3 is 9.47 Å². The summed E-state index contributed by atoms with van der Waals surface area (Å²) in [6, 6.07) is 14.2. The van der Waals surface area contributed by atoms with Gasteiger partial charge in [0.2, 0.25) is 5.78 Å². The molecular weight excluding hydrogens is 268 g/mol. The van der Waals surface area contributed by atoms with E-state index >= 15 is 0 Å². The Kier molecular flexibility index (Phi) is 3.28. The highest BCUT2D eigenvalue weighted by atomic mass is 16.5. The zero-order chi connectivity index (χ0) is 14.8. The van der Waals surface area contributed by atoms with Crippen molar-refractivity contribution in [1.82, 2.24) is 0 Å². The third kappa shape index (κ3) is 2.69. The zero-order valence-corrected chi connectivity index (χ0v) is 11.3. The predicted octanol–water partition coefficient (Wildman–Crippen LogP) is 3.23. The van der Waals surface area contributed by atoms with Crippen LogP contribution in [0.15, 0.2) is 54.3 Å². The van der Waals surface area contributed by atoms with Crippen molar-refractivity contribution >= 4 is 17.8 Å². The Labute approximate surface area is 121 Å². The number of carbonyl (C=O) groups excluding carboxylic acids is 2. The lowest BCUT2D eigenvalue weighted by Gasteiger charge is -2.02. The summed E-state index contributed by atoms with van der Waals surface area (Å²) in [6.07, 6.45) is 1.69. The Bertz CT molecular complexity index is 745. The number of rotatable bonds is 2. The lowest BCUT2D eigenvalue weighted by Crippen LogP contribution is -2.01. The van der Waals surface area contributed by atoms with Gasteiger partial charge in [-0.3, -0.25) is 9.59 Å². The molecule has 0 saturated heterocycles. The quantitative estimate of drug-likeness (QED) is 0.481. The summed E-state index contributed by atoms with van der Waals surface area (Å²) in [4.78, 5) is 23.2. The molecule has 1 aliphatic heterocycles. The van der Waals surface area contributed by atoms with Gasteiger partial charge in [-0.1, -0.05) is 30.3 Å². The molecule has 0 N–H and O–H groups in total. The van der Waals surface area contributed by atoms with Crippen molar-refractivity contribution in [3.05, 3.63) is 65.4 Å². The van der Waals surface area contributed by atoms with E-state index in [9.17, 15) is 9.59 Å². The van der Waals surface area contributed by atoms with Crippen LogP contribution in [0.3, 0.4) is 0 Å². The highest BCUT2D eigenvalue weighted by molar-refractivity contribution is 6.14. The Hall–Kier alpha value is -2.88. The molecule has 2 aromatic carbocycles. The molecule has 0 saturated carbocycles. The number of benzene rings is 2. The van der Waals surface area contributed by atoms with E-state index in [1.807, 2.05) is 30.3 Å². The number of ketones is 1. The number of hydrogen-bond acceptors (Lipinski definition) is 4. The standard InChI is InChI=1S/C17H12O4/c1-11(18)20-13-7-8-14-15(10-13)21-16(17(14)19)9-12-5-3-2-4-6-12/h2-10H,1H3. The number of ether oxygens (including phenoxy) is 2. The average molecular weight is 280 g/mol. The number of Topliss-reactive ketones (excluding diaryl/α,β-unsaturated/α-hetero) is 1. The minimum atomic E-state index is -0.417. The van der Waals surface area contributed by atoms with Crippen molar-refractivity contribution in [2.24, 2.45) is 0 Å². The van der Waals surface area contributed by atoms with Crippen LogP contribution < -0.4 is 9.47 Å². The first-order chi connectivity index (χ1) is 10.1. The topological polar surface area (TPSA) is 52.6 Å². The van der Waals surface area contributed by atoms with E-state index in [1.54, 1.807) is 24.3 Å². The average Bonchev–Trinajstić information content (AvgIpc) is 2.75. The molecule has 0 aromatic heterocycles. The first kappa shape index (κ1) is 13.1. The van der Waals surface area contributed by atoms with Crippen molar-refractivity contribution in [2.45, 2.75) is 6.92 Å².